The molecule has 0 aliphatic heterocycles. The van der Waals surface area contributed by atoms with E-state index in [1.54, 1.807) is 0 Å². The Hall–Kier alpha value is -2.57. The largest absolute Gasteiger partial charge is 0.439 e. The van der Waals surface area contributed by atoms with Crippen LogP contribution in [0.4, 0.5) is 10.1 Å². The maximum absolute atomic E-state index is 12.7. The molecule has 1 aromatic heterocycles. The number of halogens is 1. The predicted octanol–water partition coefficient (Wildman–Crippen LogP) is 2.32. The highest BCUT2D eigenvalue weighted by atomic mass is 19.1. The normalized spacial score (nSPS) is 9.94. The number of hydrogen-bond donors (Lipinski definition) is 0. The summed E-state index contributed by atoms with van der Waals surface area (Å²) < 4.78 is 17.9. The Morgan fingerprint density at radius 3 is 2.82 bits per heavy atom. The van der Waals surface area contributed by atoms with Crippen LogP contribution in [0.3, 0.4) is 0 Å². The zero-order valence-corrected chi connectivity index (χ0v) is 8.41. The molecule has 2 rings (SSSR count). The van der Waals surface area contributed by atoms with Gasteiger partial charge in [-0.05, 0) is 6.07 Å². The summed E-state index contributed by atoms with van der Waals surface area (Å²) in [6.07, 6.45) is 1.00. The van der Waals surface area contributed by atoms with E-state index in [0.29, 0.717) is 0 Å². The third kappa shape index (κ3) is 2.71. The zero-order chi connectivity index (χ0) is 12.3. The van der Waals surface area contributed by atoms with Gasteiger partial charge >= 0.3 is 0 Å². The monoisotopic (exact) mass is 235 g/mol. The number of non-ortho nitro benzene ring substituents is 1. The van der Waals surface area contributed by atoms with E-state index in [1.165, 1.54) is 24.3 Å². The molecule has 0 atom stereocenters. The fourth-order valence-electron chi connectivity index (χ4n) is 1.15. The Morgan fingerprint density at radius 1 is 1.29 bits per heavy atom. The third-order valence-corrected chi connectivity index (χ3v) is 1.86. The lowest BCUT2D eigenvalue weighted by atomic mass is 10.3. The Labute approximate surface area is 94.9 Å². The van der Waals surface area contributed by atoms with E-state index in [-0.39, 0.29) is 17.3 Å². The van der Waals surface area contributed by atoms with Crippen molar-refractivity contribution in [1.82, 2.24) is 9.97 Å². The number of hydrogen-bond acceptors (Lipinski definition) is 5. The van der Waals surface area contributed by atoms with Crippen molar-refractivity contribution >= 4 is 5.69 Å². The van der Waals surface area contributed by atoms with E-state index in [9.17, 15) is 14.5 Å². The molecule has 6 nitrogen and oxygen atoms in total. The molecule has 1 aromatic carbocycles. The van der Waals surface area contributed by atoms with E-state index >= 15 is 0 Å². The zero-order valence-electron chi connectivity index (χ0n) is 8.41. The van der Waals surface area contributed by atoms with Gasteiger partial charge in [0.15, 0.2) is 0 Å². The Balaban J connectivity index is 2.24. The van der Waals surface area contributed by atoms with Crippen LogP contribution in [0.2, 0.25) is 0 Å². The lowest BCUT2D eigenvalue weighted by molar-refractivity contribution is -0.384. The molecule has 0 aliphatic rings. The first-order chi connectivity index (χ1) is 8.15. The lowest BCUT2D eigenvalue weighted by Gasteiger charge is -2.03. The van der Waals surface area contributed by atoms with Gasteiger partial charge in [-0.25, -0.2) is 9.97 Å². The summed E-state index contributed by atoms with van der Waals surface area (Å²) in [5.74, 6) is -0.546. The van der Waals surface area contributed by atoms with Crippen LogP contribution in [-0.4, -0.2) is 14.9 Å². The van der Waals surface area contributed by atoms with Gasteiger partial charge in [-0.2, -0.15) is 4.39 Å². The van der Waals surface area contributed by atoms with Gasteiger partial charge in [-0.15, -0.1) is 0 Å². The molecule has 0 saturated carbocycles. The number of nitro groups is 1. The van der Waals surface area contributed by atoms with Gasteiger partial charge in [-0.3, -0.25) is 10.1 Å². The SMILES string of the molecule is O=[N+]([O-])c1cccc(Oc2cc(F)ncn2)c1. The predicted molar refractivity (Wildman–Crippen MR) is 55.2 cm³/mol. The van der Waals surface area contributed by atoms with Gasteiger partial charge < -0.3 is 4.74 Å². The van der Waals surface area contributed by atoms with Crippen molar-refractivity contribution < 1.29 is 14.1 Å². The summed E-state index contributed by atoms with van der Waals surface area (Å²) in [6, 6.07) is 6.50. The third-order valence-electron chi connectivity index (χ3n) is 1.86. The van der Waals surface area contributed by atoms with E-state index in [0.717, 1.165) is 12.4 Å². The quantitative estimate of drug-likeness (QED) is 0.463. The summed E-state index contributed by atoms with van der Waals surface area (Å²) >= 11 is 0. The molecule has 2 aromatic rings. The van der Waals surface area contributed by atoms with Gasteiger partial charge in [0.25, 0.3) is 5.69 Å². The second-order valence-corrected chi connectivity index (χ2v) is 3.04. The van der Waals surface area contributed by atoms with Crippen molar-refractivity contribution in [3.63, 3.8) is 0 Å². The molecule has 0 spiro atoms. The minimum absolute atomic E-state index is 0.0157. The van der Waals surface area contributed by atoms with Crippen molar-refractivity contribution in [2.75, 3.05) is 0 Å². The molecule has 0 saturated heterocycles. The summed E-state index contributed by atoms with van der Waals surface area (Å²) in [7, 11) is 0. The average molecular weight is 235 g/mol. The summed E-state index contributed by atoms with van der Waals surface area (Å²) in [5.41, 5.74) is -0.114. The highest BCUT2D eigenvalue weighted by Gasteiger charge is 2.07. The lowest BCUT2D eigenvalue weighted by Crippen LogP contribution is -1.92. The first kappa shape index (κ1) is 10.9. The molecule has 17 heavy (non-hydrogen) atoms. The van der Waals surface area contributed by atoms with Crippen molar-refractivity contribution in [3.8, 4) is 11.6 Å². The van der Waals surface area contributed by atoms with Crippen LogP contribution >= 0.6 is 0 Å². The number of rotatable bonds is 3. The van der Waals surface area contributed by atoms with Crippen LogP contribution in [0, 0.1) is 16.1 Å². The van der Waals surface area contributed by atoms with Crippen LogP contribution in [-0.2, 0) is 0 Å². The van der Waals surface area contributed by atoms with Crippen LogP contribution < -0.4 is 4.74 Å². The average Bonchev–Trinajstić information content (AvgIpc) is 2.29. The van der Waals surface area contributed by atoms with Gasteiger partial charge in [-0.1, -0.05) is 6.07 Å². The molecular formula is C10H6FN3O3. The van der Waals surface area contributed by atoms with Gasteiger partial charge in [0, 0.05) is 6.07 Å². The molecule has 0 fully saturated rings. The molecule has 0 radical (unpaired) electrons. The first-order valence-corrected chi connectivity index (χ1v) is 4.55. The molecule has 0 aliphatic carbocycles. The number of aromatic nitrogens is 2. The number of nitrogens with zero attached hydrogens (tertiary/aromatic N) is 3. The van der Waals surface area contributed by atoms with Crippen LogP contribution in [0.15, 0.2) is 36.7 Å². The van der Waals surface area contributed by atoms with Crippen LogP contribution in [0.1, 0.15) is 0 Å². The highest BCUT2D eigenvalue weighted by Crippen LogP contribution is 2.23. The van der Waals surface area contributed by atoms with Gasteiger partial charge in [0.2, 0.25) is 11.8 Å². The highest BCUT2D eigenvalue weighted by molar-refractivity contribution is 5.39. The molecule has 0 bridgehead atoms. The smallest absolute Gasteiger partial charge is 0.273 e. The van der Waals surface area contributed by atoms with Crippen molar-refractivity contribution in [2.24, 2.45) is 0 Å². The van der Waals surface area contributed by atoms with Gasteiger partial charge in [0.1, 0.15) is 12.1 Å². The summed E-state index contributed by atoms with van der Waals surface area (Å²) in [4.78, 5) is 16.9. The number of benzene rings is 1. The Kier molecular flexibility index (Phi) is 2.91. The minimum Gasteiger partial charge on any atom is -0.439 e. The minimum atomic E-state index is -0.736. The van der Waals surface area contributed by atoms with Crippen molar-refractivity contribution in [2.45, 2.75) is 0 Å². The summed E-state index contributed by atoms with van der Waals surface area (Å²) in [6.45, 7) is 0. The molecule has 1 heterocycles. The topological polar surface area (TPSA) is 78.2 Å². The number of nitro benzene ring substituents is 1. The maximum atomic E-state index is 12.7. The van der Waals surface area contributed by atoms with E-state index in [2.05, 4.69) is 9.97 Å². The molecule has 7 heteroatoms. The Bertz CT molecular complexity index is 562. The molecular weight excluding hydrogens is 229 g/mol. The first-order valence-electron chi connectivity index (χ1n) is 4.55. The van der Waals surface area contributed by atoms with Crippen molar-refractivity contribution in [1.29, 1.82) is 0 Å². The standard InChI is InChI=1S/C10H6FN3O3/c11-9-5-10(13-6-12-9)17-8-3-1-2-7(4-8)14(15)16/h1-6H. The molecule has 0 unspecified atom stereocenters. The van der Waals surface area contributed by atoms with E-state index < -0.39 is 10.9 Å². The van der Waals surface area contributed by atoms with Crippen LogP contribution in [0.25, 0.3) is 0 Å². The molecule has 86 valence electrons. The van der Waals surface area contributed by atoms with Gasteiger partial charge in [0.05, 0.1) is 17.1 Å². The maximum Gasteiger partial charge on any atom is 0.273 e. The van der Waals surface area contributed by atoms with Crippen LogP contribution in [0.5, 0.6) is 11.6 Å². The fourth-order valence-corrected chi connectivity index (χ4v) is 1.15. The second-order valence-electron chi connectivity index (χ2n) is 3.04. The van der Waals surface area contributed by atoms with E-state index in [1.807, 2.05) is 0 Å². The second kappa shape index (κ2) is 4.52. The fraction of sp³-hybridized carbons (Fsp3) is 0. The Morgan fingerprint density at radius 2 is 2.12 bits per heavy atom. The number of ether oxygens (including phenoxy) is 1. The van der Waals surface area contributed by atoms with E-state index in [4.69, 9.17) is 4.74 Å². The molecule has 0 amide bonds. The van der Waals surface area contributed by atoms with Crippen molar-refractivity contribution in [3.05, 3.63) is 52.7 Å². The summed E-state index contributed by atoms with van der Waals surface area (Å²) in [5, 5.41) is 10.5. The molecule has 0 N–H and O–H groups in total.